The van der Waals surface area contributed by atoms with Crippen LogP contribution in [0, 0.1) is 11.3 Å². The Hall–Kier alpha value is -2.66. The van der Waals surface area contributed by atoms with Crippen LogP contribution in [0.5, 0.6) is 11.5 Å². The molecule has 172 valence electrons. The largest absolute Gasteiger partial charge is 0.457 e. The number of benzene rings is 2. The van der Waals surface area contributed by atoms with Gasteiger partial charge in [-0.3, -0.25) is 9.59 Å². The number of ketones is 1. The molecule has 2 aromatic carbocycles. The Labute approximate surface area is 192 Å². The molecule has 2 aromatic rings. The third kappa shape index (κ3) is 5.77. The molecule has 0 bridgehead atoms. The number of likely N-dealkylation sites (tertiary alicyclic amines) is 1. The van der Waals surface area contributed by atoms with E-state index in [0.29, 0.717) is 0 Å². The summed E-state index contributed by atoms with van der Waals surface area (Å²) in [6.07, 6.45) is 2.13. The number of nitrogens with zero attached hydrogens (tertiary/aromatic N) is 1. The van der Waals surface area contributed by atoms with Gasteiger partial charge in [-0.2, -0.15) is 0 Å². The minimum atomic E-state index is -0.352. The summed E-state index contributed by atoms with van der Waals surface area (Å²) in [4.78, 5) is 28.4. The number of hydrogen-bond acceptors (Lipinski definition) is 4. The minimum Gasteiger partial charge on any atom is -0.457 e. The molecule has 1 amide bonds. The van der Waals surface area contributed by atoms with Crippen LogP contribution in [-0.4, -0.2) is 36.2 Å². The summed E-state index contributed by atoms with van der Waals surface area (Å²) >= 11 is 0. The number of ether oxygens (including phenoxy) is 1. The maximum atomic E-state index is 13.7. The Morgan fingerprint density at radius 3 is 2.44 bits per heavy atom. The molecule has 1 aliphatic rings. The van der Waals surface area contributed by atoms with Gasteiger partial charge in [0.25, 0.3) is 0 Å². The summed E-state index contributed by atoms with van der Waals surface area (Å²) in [5.74, 6) is 1.35. The molecule has 0 radical (unpaired) electrons. The van der Waals surface area contributed by atoms with E-state index in [4.69, 9.17) is 4.74 Å². The lowest BCUT2D eigenvalue weighted by molar-refractivity contribution is -0.143. The molecule has 1 heterocycles. The van der Waals surface area contributed by atoms with Crippen LogP contribution in [-0.2, 0) is 9.59 Å². The van der Waals surface area contributed by atoms with Crippen molar-refractivity contribution in [3.8, 4) is 11.5 Å². The Kier molecular flexibility index (Phi) is 7.73. The molecular formula is C27H36N2O3. The molecule has 1 aliphatic heterocycles. The van der Waals surface area contributed by atoms with Crippen molar-refractivity contribution in [1.82, 2.24) is 10.2 Å². The molecule has 0 aliphatic carbocycles. The Balaban J connectivity index is 1.81. The molecule has 0 spiro atoms. The first-order valence-corrected chi connectivity index (χ1v) is 11.5. The summed E-state index contributed by atoms with van der Waals surface area (Å²) in [5, 5.41) is 3.00. The van der Waals surface area contributed by atoms with Crippen LogP contribution >= 0.6 is 0 Å². The zero-order valence-corrected chi connectivity index (χ0v) is 19.9. The second-order valence-electron chi connectivity index (χ2n) is 9.78. The quantitative estimate of drug-likeness (QED) is 0.604. The standard InChI is InChI=1S/C27H36N2O3/c1-19(28-5)25(30)18-23(27(2,3)4)26(31)29-16-10-15-24(29)20-11-9-14-22(17-20)32-21-12-7-6-8-13-21/h6-9,11-14,17,19,23-24,28H,10,15-16,18H2,1-5H3/t19-,23+,24-/m0/s1. The second kappa shape index (κ2) is 10.3. The lowest BCUT2D eigenvalue weighted by atomic mass is 9.76. The molecule has 3 rings (SSSR count). The van der Waals surface area contributed by atoms with Crippen LogP contribution in [0.25, 0.3) is 0 Å². The highest BCUT2D eigenvalue weighted by Crippen LogP contribution is 2.39. The average molecular weight is 437 g/mol. The summed E-state index contributed by atoms with van der Waals surface area (Å²) < 4.78 is 6.01. The summed E-state index contributed by atoms with van der Waals surface area (Å²) in [6.45, 7) is 8.71. The van der Waals surface area contributed by atoms with Gasteiger partial charge in [-0.05, 0) is 62.1 Å². The molecule has 5 heteroatoms. The molecule has 3 atom stereocenters. The highest BCUT2D eigenvalue weighted by atomic mass is 16.5. The predicted octanol–water partition coefficient (Wildman–Crippen LogP) is 5.37. The fourth-order valence-electron chi connectivity index (χ4n) is 4.29. The van der Waals surface area contributed by atoms with Gasteiger partial charge in [0.05, 0.1) is 12.1 Å². The molecule has 0 unspecified atom stereocenters. The fourth-order valence-corrected chi connectivity index (χ4v) is 4.29. The van der Waals surface area contributed by atoms with Gasteiger partial charge in [0, 0.05) is 18.9 Å². The van der Waals surface area contributed by atoms with Crippen molar-refractivity contribution in [2.45, 2.75) is 59.0 Å². The van der Waals surface area contributed by atoms with Crippen molar-refractivity contribution in [2.75, 3.05) is 13.6 Å². The predicted molar refractivity (Wildman–Crippen MR) is 128 cm³/mol. The van der Waals surface area contributed by atoms with E-state index in [9.17, 15) is 9.59 Å². The number of para-hydroxylation sites is 1. The van der Waals surface area contributed by atoms with E-state index in [2.05, 4.69) is 11.4 Å². The highest BCUT2D eigenvalue weighted by Gasteiger charge is 2.40. The average Bonchev–Trinajstić information content (AvgIpc) is 3.26. The van der Waals surface area contributed by atoms with Gasteiger partial charge in [0.1, 0.15) is 17.3 Å². The van der Waals surface area contributed by atoms with E-state index in [1.54, 1.807) is 7.05 Å². The summed E-state index contributed by atoms with van der Waals surface area (Å²) in [6, 6.07) is 17.5. The number of nitrogens with one attached hydrogen (secondary N) is 1. The fraction of sp³-hybridized carbons (Fsp3) is 0.481. The Morgan fingerprint density at radius 1 is 1.09 bits per heavy atom. The molecule has 1 N–H and O–H groups in total. The zero-order chi connectivity index (χ0) is 23.3. The van der Waals surface area contributed by atoms with Gasteiger partial charge in [-0.1, -0.05) is 51.1 Å². The third-order valence-electron chi connectivity index (χ3n) is 6.42. The van der Waals surface area contributed by atoms with Crippen LogP contribution in [0.4, 0.5) is 0 Å². The maximum absolute atomic E-state index is 13.7. The number of carbonyl (C=O) groups is 2. The Bertz CT molecular complexity index is 920. The van der Waals surface area contributed by atoms with Gasteiger partial charge in [-0.25, -0.2) is 0 Å². The van der Waals surface area contributed by atoms with Crippen LogP contribution in [0.3, 0.4) is 0 Å². The van der Waals surface area contributed by atoms with Gasteiger partial charge in [0.15, 0.2) is 0 Å². The monoisotopic (exact) mass is 436 g/mol. The Morgan fingerprint density at radius 2 is 1.78 bits per heavy atom. The van der Waals surface area contributed by atoms with E-state index < -0.39 is 0 Å². The van der Waals surface area contributed by atoms with Crippen LogP contribution < -0.4 is 10.1 Å². The number of hydrogen-bond donors (Lipinski definition) is 1. The SMILES string of the molecule is CN[C@@H](C)C(=O)C[C@H](C(=O)N1CCC[C@H]1c1cccc(Oc2ccccc2)c1)C(C)(C)C. The van der Waals surface area contributed by atoms with Crippen LogP contribution in [0.2, 0.25) is 0 Å². The van der Waals surface area contributed by atoms with Gasteiger partial charge in [0.2, 0.25) is 5.91 Å². The van der Waals surface area contributed by atoms with E-state index >= 15 is 0 Å². The normalized spacial score (nSPS) is 18.3. The molecule has 1 saturated heterocycles. The van der Waals surface area contributed by atoms with Crippen LogP contribution in [0.1, 0.15) is 58.6 Å². The number of likely N-dealkylation sites (N-methyl/N-ethyl adjacent to an activating group) is 1. The van der Waals surface area contributed by atoms with Crippen molar-refractivity contribution in [1.29, 1.82) is 0 Å². The second-order valence-corrected chi connectivity index (χ2v) is 9.78. The third-order valence-corrected chi connectivity index (χ3v) is 6.42. The van der Waals surface area contributed by atoms with Crippen molar-refractivity contribution >= 4 is 11.7 Å². The smallest absolute Gasteiger partial charge is 0.227 e. The maximum Gasteiger partial charge on any atom is 0.227 e. The van der Waals surface area contributed by atoms with E-state index in [1.807, 2.05) is 81.1 Å². The molecule has 0 saturated carbocycles. The molecule has 0 aromatic heterocycles. The minimum absolute atomic E-state index is 0.00324. The molecule has 32 heavy (non-hydrogen) atoms. The van der Waals surface area contributed by atoms with Gasteiger partial charge >= 0.3 is 0 Å². The number of carbonyl (C=O) groups excluding carboxylic acids is 2. The highest BCUT2D eigenvalue weighted by molar-refractivity contribution is 5.90. The number of Topliss-reactive ketones (excluding diaryl/α,β-unsaturated/α-hetero) is 1. The topological polar surface area (TPSA) is 58.6 Å². The van der Waals surface area contributed by atoms with Crippen molar-refractivity contribution in [3.63, 3.8) is 0 Å². The van der Waals surface area contributed by atoms with Gasteiger partial charge < -0.3 is 15.0 Å². The van der Waals surface area contributed by atoms with Crippen molar-refractivity contribution in [3.05, 3.63) is 60.2 Å². The van der Waals surface area contributed by atoms with Gasteiger partial charge in [-0.15, -0.1) is 0 Å². The summed E-state index contributed by atoms with van der Waals surface area (Å²) in [7, 11) is 1.78. The lowest BCUT2D eigenvalue weighted by Gasteiger charge is -2.35. The van der Waals surface area contributed by atoms with Crippen molar-refractivity contribution in [2.24, 2.45) is 11.3 Å². The summed E-state index contributed by atoms with van der Waals surface area (Å²) in [5.41, 5.74) is 0.776. The first-order chi connectivity index (χ1) is 15.2. The number of rotatable bonds is 8. The molecule has 5 nitrogen and oxygen atoms in total. The van der Waals surface area contributed by atoms with Crippen LogP contribution in [0.15, 0.2) is 54.6 Å². The molecular weight excluding hydrogens is 400 g/mol. The lowest BCUT2D eigenvalue weighted by Crippen LogP contribution is -2.44. The molecule has 1 fully saturated rings. The van der Waals surface area contributed by atoms with E-state index in [-0.39, 0.29) is 41.5 Å². The first kappa shape index (κ1) is 24.0. The van der Waals surface area contributed by atoms with Crippen molar-refractivity contribution < 1.29 is 14.3 Å². The van der Waals surface area contributed by atoms with E-state index in [1.165, 1.54) is 0 Å². The zero-order valence-electron chi connectivity index (χ0n) is 19.9. The van der Waals surface area contributed by atoms with E-state index in [0.717, 1.165) is 36.4 Å². The first-order valence-electron chi connectivity index (χ1n) is 11.5. The number of amides is 1.